The van der Waals surface area contributed by atoms with Crippen molar-refractivity contribution in [2.75, 3.05) is 26.4 Å². The van der Waals surface area contributed by atoms with E-state index < -0.39 is 0 Å². The van der Waals surface area contributed by atoms with Gasteiger partial charge in [0.1, 0.15) is 19.0 Å². The van der Waals surface area contributed by atoms with Crippen molar-refractivity contribution >= 4 is 5.91 Å². The largest absolute Gasteiger partial charge is 0.476 e. The van der Waals surface area contributed by atoms with Gasteiger partial charge < -0.3 is 14.4 Å². The fraction of sp³-hybridized carbons (Fsp3) is 0.538. The van der Waals surface area contributed by atoms with E-state index >= 15 is 0 Å². The average Bonchev–Trinajstić information content (AvgIpc) is 3.21. The fourth-order valence-electron chi connectivity index (χ4n) is 2.83. The van der Waals surface area contributed by atoms with Crippen molar-refractivity contribution in [1.82, 2.24) is 29.4 Å². The second kappa shape index (κ2) is 5.09. The first-order valence-corrected chi connectivity index (χ1v) is 7.17. The number of fused-ring (bicyclic) bond motifs is 1. The molecule has 22 heavy (non-hydrogen) atoms. The molecule has 0 saturated carbocycles. The van der Waals surface area contributed by atoms with Crippen molar-refractivity contribution in [2.24, 2.45) is 7.05 Å². The van der Waals surface area contributed by atoms with Crippen molar-refractivity contribution in [3.63, 3.8) is 0 Å². The molecule has 0 spiro atoms. The van der Waals surface area contributed by atoms with E-state index in [-0.39, 0.29) is 11.9 Å². The lowest BCUT2D eigenvalue weighted by molar-refractivity contribution is -0.00653. The van der Waals surface area contributed by atoms with Gasteiger partial charge in [-0.05, 0) is 0 Å². The van der Waals surface area contributed by atoms with Crippen LogP contribution in [0.2, 0.25) is 0 Å². The van der Waals surface area contributed by atoms with Crippen LogP contribution in [0.3, 0.4) is 0 Å². The molecule has 1 atom stereocenters. The molecule has 4 heterocycles. The van der Waals surface area contributed by atoms with Crippen LogP contribution < -0.4 is 4.74 Å². The summed E-state index contributed by atoms with van der Waals surface area (Å²) in [5.74, 6) is 1.21. The summed E-state index contributed by atoms with van der Waals surface area (Å²) >= 11 is 0. The minimum atomic E-state index is -0.258. The summed E-state index contributed by atoms with van der Waals surface area (Å²) < 4.78 is 14.3. The molecule has 2 aliphatic heterocycles. The summed E-state index contributed by atoms with van der Waals surface area (Å²) in [5, 5.41) is 8.39. The van der Waals surface area contributed by atoms with E-state index in [1.807, 2.05) is 0 Å². The first-order chi connectivity index (χ1) is 10.7. The predicted octanol–water partition coefficient (Wildman–Crippen LogP) is -0.382. The molecule has 116 valence electrons. The second-order valence-corrected chi connectivity index (χ2v) is 5.27. The molecule has 9 nitrogen and oxygen atoms in total. The Morgan fingerprint density at radius 3 is 3.05 bits per heavy atom. The Morgan fingerprint density at radius 1 is 1.36 bits per heavy atom. The summed E-state index contributed by atoms with van der Waals surface area (Å²) in [4.78, 5) is 18.8. The van der Waals surface area contributed by atoms with Crippen LogP contribution in [-0.2, 0) is 18.3 Å². The SMILES string of the molecule is Cn1ncnc1C1COCCN1C(=O)c1cc2n(n1)CCO2. The van der Waals surface area contributed by atoms with E-state index in [0.29, 0.717) is 50.3 Å². The van der Waals surface area contributed by atoms with Gasteiger partial charge >= 0.3 is 0 Å². The highest BCUT2D eigenvalue weighted by molar-refractivity contribution is 5.93. The Labute approximate surface area is 126 Å². The molecule has 0 N–H and O–H groups in total. The van der Waals surface area contributed by atoms with E-state index in [1.165, 1.54) is 6.33 Å². The Morgan fingerprint density at radius 2 is 2.27 bits per heavy atom. The molecular weight excluding hydrogens is 288 g/mol. The zero-order chi connectivity index (χ0) is 15.1. The molecule has 4 rings (SSSR count). The summed E-state index contributed by atoms with van der Waals surface area (Å²) in [6.07, 6.45) is 1.48. The molecule has 2 aromatic rings. The lowest BCUT2D eigenvalue weighted by Gasteiger charge is -2.34. The number of nitrogens with zero attached hydrogens (tertiary/aromatic N) is 6. The van der Waals surface area contributed by atoms with Crippen molar-refractivity contribution in [2.45, 2.75) is 12.6 Å². The number of hydrogen-bond donors (Lipinski definition) is 0. The van der Waals surface area contributed by atoms with Crippen LogP contribution in [0.5, 0.6) is 5.88 Å². The number of ether oxygens (including phenoxy) is 2. The Hall–Kier alpha value is -2.42. The van der Waals surface area contributed by atoms with Gasteiger partial charge in [0, 0.05) is 19.7 Å². The minimum Gasteiger partial charge on any atom is -0.476 e. The van der Waals surface area contributed by atoms with Gasteiger partial charge in [-0.1, -0.05) is 0 Å². The van der Waals surface area contributed by atoms with Gasteiger partial charge in [0.05, 0.1) is 19.8 Å². The summed E-state index contributed by atoms with van der Waals surface area (Å²) in [5.41, 5.74) is 0.392. The van der Waals surface area contributed by atoms with Gasteiger partial charge in [-0.2, -0.15) is 10.2 Å². The topological polar surface area (TPSA) is 87.3 Å². The lowest BCUT2D eigenvalue weighted by atomic mass is 10.2. The summed E-state index contributed by atoms with van der Waals surface area (Å²) in [6, 6.07) is 1.43. The van der Waals surface area contributed by atoms with Crippen LogP contribution in [0.4, 0.5) is 0 Å². The van der Waals surface area contributed by atoms with Gasteiger partial charge in [0.25, 0.3) is 5.91 Å². The van der Waals surface area contributed by atoms with Crippen molar-refractivity contribution in [1.29, 1.82) is 0 Å². The van der Waals surface area contributed by atoms with Crippen LogP contribution in [0.15, 0.2) is 12.4 Å². The Kier molecular flexibility index (Phi) is 3.07. The average molecular weight is 304 g/mol. The lowest BCUT2D eigenvalue weighted by Crippen LogP contribution is -2.44. The van der Waals surface area contributed by atoms with Gasteiger partial charge in [0.15, 0.2) is 11.5 Å². The third-order valence-electron chi connectivity index (χ3n) is 3.95. The van der Waals surface area contributed by atoms with Crippen molar-refractivity contribution < 1.29 is 14.3 Å². The Bertz CT molecular complexity index is 687. The van der Waals surface area contributed by atoms with Crippen molar-refractivity contribution in [3.05, 3.63) is 23.9 Å². The van der Waals surface area contributed by atoms with Crippen molar-refractivity contribution in [3.8, 4) is 5.88 Å². The van der Waals surface area contributed by atoms with Crippen LogP contribution in [-0.4, -0.2) is 61.7 Å². The third kappa shape index (κ3) is 2.05. The smallest absolute Gasteiger partial charge is 0.275 e. The maximum Gasteiger partial charge on any atom is 0.275 e. The number of amides is 1. The van der Waals surface area contributed by atoms with E-state index in [0.717, 1.165) is 0 Å². The number of aromatic nitrogens is 5. The minimum absolute atomic E-state index is 0.137. The number of morpholine rings is 1. The molecule has 9 heteroatoms. The third-order valence-corrected chi connectivity index (χ3v) is 3.95. The fourth-order valence-corrected chi connectivity index (χ4v) is 2.83. The van der Waals surface area contributed by atoms with E-state index in [1.54, 1.807) is 27.4 Å². The molecule has 0 radical (unpaired) electrons. The molecule has 0 aromatic carbocycles. The van der Waals surface area contributed by atoms with E-state index in [2.05, 4.69) is 15.2 Å². The van der Waals surface area contributed by atoms with Gasteiger partial charge in [-0.3, -0.25) is 9.48 Å². The van der Waals surface area contributed by atoms with Crippen LogP contribution >= 0.6 is 0 Å². The molecule has 2 aromatic heterocycles. The standard InChI is InChI=1S/C13H16N6O3/c1-17-12(14-8-15-17)10-7-21-4-2-18(10)13(20)9-6-11-19(16-9)3-5-22-11/h6,8,10H,2-5,7H2,1H3. The monoisotopic (exact) mass is 304 g/mol. The number of aryl methyl sites for hydroxylation is 1. The maximum atomic E-state index is 12.8. The molecule has 0 aliphatic carbocycles. The van der Waals surface area contributed by atoms with E-state index in [9.17, 15) is 4.79 Å². The number of carbonyl (C=O) groups is 1. The normalized spacial score (nSPS) is 20.8. The van der Waals surface area contributed by atoms with Gasteiger partial charge in [-0.25, -0.2) is 9.67 Å². The predicted molar refractivity (Wildman–Crippen MR) is 73.3 cm³/mol. The van der Waals surface area contributed by atoms with Crippen LogP contribution in [0, 0.1) is 0 Å². The summed E-state index contributed by atoms with van der Waals surface area (Å²) in [7, 11) is 1.80. The highest BCUT2D eigenvalue weighted by Crippen LogP contribution is 2.26. The number of hydrogen-bond acceptors (Lipinski definition) is 6. The molecular formula is C13H16N6O3. The highest BCUT2D eigenvalue weighted by atomic mass is 16.5. The first-order valence-electron chi connectivity index (χ1n) is 7.17. The summed E-state index contributed by atoms with van der Waals surface area (Å²) in [6.45, 7) is 2.69. The number of rotatable bonds is 2. The van der Waals surface area contributed by atoms with Crippen LogP contribution in [0.25, 0.3) is 0 Å². The molecule has 1 unspecified atom stereocenters. The van der Waals surface area contributed by atoms with Gasteiger partial charge in [-0.15, -0.1) is 0 Å². The number of carbonyl (C=O) groups excluding carboxylic acids is 1. The maximum absolute atomic E-state index is 12.8. The zero-order valence-electron chi connectivity index (χ0n) is 12.2. The molecule has 1 amide bonds. The second-order valence-electron chi connectivity index (χ2n) is 5.27. The molecule has 1 fully saturated rings. The zero-order valence-corrected chi connectivity index (χ0v) is 12.2. The molecule has 0 bridgehead atoms. The quantitative estimate of drug-likeness (QED) is 0.751. The van der Waals surface area contributed by atoms with Crippen LogP contribution in [0.1, 0.15) is 22.4 Å². The first kappa shape index (κ1) is 13.3. The van der Waals surface area contributed by atoms with E-state index in [4.69, 9.17) is 9.47 Å². The highest BCUT2D eigenvalue weighted by Gasteiger charge is 2.34. The Balaban J connectivity index is 1.63. The van der Waals surface area contributed by atoms with Gasteiger partial charge in [0.2, 0.25) is 5.88 Å². The molecule has 2 aliphatic rings. The molecule has 1 saturated heterocycles.